The van der Waals surface area contributed by atoms with E-state index < -0.39 is 0 Å². The molecule has 0 saturated heterocycles. The van der Waals surface area contributed by atoms with Gasteiger partial charge in [-0.25, -0.2) is 0 Å². The van der Waals surface area contributed by atoms with Crippen molar-refractivity contribution in [3.63, 3.8) is 0 Å². The van der Waals surface area contributed by atoms with Crippen molar-refractivity contribution in [1.82, 2.24) is 0 Å². The lowest BCUT2D eigenvalue weighted by Crippen LogP contribution is -2.61. The molecule has 3 aliphatic heterocycles. The molecule has 2 unspecified atom stereocenters. The Morgan fingerprint density at radius 2 is 1.05 bits per heavy atom. The molecule has 1 aliphatic carbocycles. The molecule has 6 heteroatoms. The Kier molecular flexibility index (Phi) is 9.45. The molecule has 0 N–H and O–H groups in total. The average Bonchev–Trinajstić information content (AvgIpc) is 4.20. The van der Waals surface area contributed by atoms with E-state index in [-0.39, 0.29) is 28.5 Å². The van der Waals surface area contributed by atoms with Crippen molar-refractivity contribution in [3.05, 3.63) is 199 Å². The number of para-hydroxylation sites is 4. The zero-order valence-corrected chi connectivity index (χ0v) is 44.9. The van der Waals surface area contributed by atoms with Crippen molar-refractivity contribution in [2.24, 2.45) is 0 Å². The van der Waals surface area contributed by atoms with E-state index in [1.165, 1.54) is 68.4 Å². The molecule has 4 aliphatic rings. The number of hydrogen-bond donors (Lipinski definition) is 0. The highest BCUT2D eigenvalue weighted by Crippen LogP contribution is 2.62. The van der Waals surface area contributed by atoms with E-state index in [1.807, 2.05) is 0 Å². The molecular weight excluding hydrogens is 926 g/mol. The summed E-state index contributed by atoms with van der Waals surface area (Å²) in [5, 5.41) is 4.46. The van der Waals surface area contributed by atoms with Gasteiger partial charge in [0.25, 0.3) is 6.71 Å². The van der Waals surface area contributed by atoms with Crippen LogP contribution in [0.3, 0.4) is 0 Å². The van der Waals surface area contributed by atoms with Gasteiger partial charge in [-0.15, -0.1) is 0 Å². The van der Waals surface area contributed by atoms with Gasteiger partial charge in [-0.05, 0) is 124 Å². The molecule has 15 rings (SSSR count). The van der Waals surface area contributed by atoms with Crippen LogP contribution >= 0.6 is 0 Å². The summed E-state index contributed by atoms with van der Waals surface area (Å²) in [5.74, 6) is 0. The fourth-order valence-electron chi connectivity index (χ4n) is 14.4. The summed E-state index contributed by atoms with van der Waals surface area (Å²) in [6.07, 6.45) is 4.64. The smallest absolute Gasteiger partial charge is 0.252 e. The van der Waals surface area contributed by atoms with E-state index in [4.69, 9.17) is 8.83 Å². The second-order valence-electron chi connectivity index (χ2n) is 24.8. The number of benzene rings is 9. The van der Waals surface area contributed by atoms with Crippen LogP contribution in [0.4, 0.5) is 45.5 Å². The molecule has 5 heterocycles. The van der Waals surface area contributed by atoms with E-state index in [0.29, 0.717) is 0 Å². The SMILES string of the molecule is CC(C)(C)c1ccc2c(c1)B1c3ccc4c(oc5ccccc54)c3N(c3ccc(C(C)(C)C)cc3-c3ccccc3)c3cc(N4c5ccccc5C5(C)CCCCC45C)cc(c31)N2c1cccc2c1oc1ccccc12. The van der Waals surface area contributed by atoms with Crippen molar-refractivity contribution < 1.29 is 8.83 Å². The number of nitrogens with zero attached hydrogens (tertiary/aromatic N) is 3. The number of fused-ring (bicyclic) bond motifs is 14. The van der Waals surface area contributed by atoms with Crippen LogP contribution in [-0.2, 0) is 16.2 Å². The molecule has 0 spiro atoms. The predicted octanol–water partition coefficient (Wildman–Crippen LogP) is 17.6. The van der Waals surface area contributed by atoms with Gasteiger partial charge < -0.3 is 23.5 Å². The maximum absolute atomic E-state index is 7.32. The van der Waals surface area contributed by atoms with E-state index in [1.54, 1.807) is 0 Å². The van der Waals surface area contributed by atoms with Gasteiger partial charge in [-0.3, -0.25) is 0 Å². The van der Waals surface area contributed by atoms with Crippen LogP contribution in [0.2, 0.25) is 0 Å². The lowest BCUT2D eigenvalue weighted by atomic mass is 9.33. The number of hydrogen-bond acceptors (Lipinski definition) is 5. The van der Waals surface area contributed by atoms with Crippen molar-refractivity contribution >= 4 is 112 Å². The van der Waals surface area contributed by atoms with Gasteiger partial charge in [0.15, 0.2) is 11.2 Å². The molecule has 1 saturated carbocycles. The molecule has 0 radical (unpaired) electrons. The number of rotatable bonds is 4. The predicted molar refractivity (Wildman–Crippen MR) is 321 cm³/mol. The van der Waals surface area contributed by atoms with Crippen LogP contribution in [0.15, 0.2) is 191 Å². The van der Waals surface area contributed by atoms with Crippen LogP contribution < -0.4 is 31.1 Å². The summed E-state index contributed by atoms with van der Waals surface area (Å²) in [4.78, 5) is 7.96. The third-order valence-electron chi connectivity index (χ3n) is 18.5. The highest BCUT2D eigenvalue weighted by Gasteiger charge is 2.58. The topological polar surface area (TPSA) is 36.0 Å². The average molecular weight is 988 g/mol. The fourth-order valence-corrected chi connectivity index (χ4v) is 14.4. The molecule has 2 aromatic heterocycles. The van der Waals surface area contributed by atoms with Gasteiger partial charge in [-0.1, -0.05) is 189 Å². The Morgan fingerprint density at radius 3 is 1.79 bits per heavy atom. The van der Waals surface area contributed by atoms with Gasteiger partial charge >= 0.3 is 0 Å². The third-order valence-corrected chi connectivity index (χ3v) is 18.5. The Hall–Kier alpha value is -7.96. The first-order valence-corrected chi connectivity index (χ1v) is 27.6. The zero-order chi connectivity index (χ0) is 51.6. The minimum atomic E-state index is -0.194. The molecule has 0 bridgehead atoms. The molecule has 0 amide bonds. The monoisotopic (exact) mass is 987 g/mol. The fraction of sp³-hybridized carbons (Fsp3) is 0.229. The summed E-state index contributed by atoms with van der Waals surface area (Å²) >= 11 is 0. The summed E-state index contributed by atoms with van der Waals surface area (Å²) in [7, 11) is 0. The molecule has 372 valence electrons. The molecule has 2 atom stereocenters. The third kappa shape index (κ3) is 6.21. The van der Waals surface area contributed by atoms with Crippen LogP contribution in [0.5, 0.6) is 0 Å². The molecule has 5 nitrogen and oxygen atoms in total. The number of anilines is 8. The maximum Gasteiger partial charge on any atom is 0.252 e. The standard InChI is InChI=1S/C70H62BN3O2/c1-67(2,3)44-31-35-55(51(39-44)43-21-10-9-11-22-43)73-60-42-46(74-56-27-15-14-26-52(56)69(7)37-18-19-38-70(69,74)8)41-59-63(60)71(53-34-33-50-48-24-13-17-30-62(48)76-66(50)64(53)73)54-40-45(68(4,5)6)32-36-57(54)72(59)58-28-20-25-49-47-23-12-16-29-61(47)75-65(49)58/h9-17,20-36,39-42H,18-19,37-38H2,1-8H3. The molecule has 1 fully saturated rings. The van der Waals surface area contributed by atoms with Crippen LogP contribution in [0, 0.1) is 0 Å². The minimum Gasteiger partial charge on any atom is -0.454 e. The first-order chi connectivity index (χ1) is 36.7. The minimum absolute atomic E-state index is 0.0526. The molecular formula is C70H62BN3O2. The Labute approximate surface area is 446 Å². The summed E-state index contributed by atoms with van der Waals surface area (Å²) in [6.45, 7) is 18.9. The highest BCUT2D eigenvalue weighted by molar-refractivity contribution is 7.00. The largest absolute Gasteiger partial charge is 0.454 e. The normalized spacial score (nSPS) is 18.8. The van der Waals surface area contributed by atoms with E-state index in [2.05, 4.69) is 252 Å². The lowest BCUT2D eigenvalue weighted by Gasteiger charge is -2.51. The van der Waals surface area contributed by atoms with Gasteiger partial charge in [-0.2, -0.15) is 0 Å². The van der Waals surface area contributed by atoms with Gasteiger partial charge in [0.05, 0.1) is 22.6 Å². The van der Waals surface area contributed by atoms with Crippen molar-refractivity contribution in [2.45, 2.75) is 103 Å². The summed E-state index contributed by atoms with van der Waals surface area (Å²) < 4.78 is 14.4. The first kappa shape index (κ1) is 45.4. The van der Waals surface area contributed by atoms with Crippen LogP contribution in [-0.4, -0.2) is 12.3 Å². The van der Waals surface area contributed by atoms with Crippen LogP contribution in [0.1, 0.15) is 97.8 Å². The van der Waals surface area contributed by atoms with Gasteiger partial charge in [0, 0.05) is 61.0 Å². The highest BCUT2D eigenvalue weighted by atomic mass is 16.3. The quantitative estimate of drug-likeness (QED) is 0.164. The van der Waals surface area contributed by atoms with Crippen LogP contribution in [0.25, 0.3) is 55.0 Å². The second kappa shape index (κ2) is 15.8. The van der Waals surface area contributed by atoms with Crippen molar-refractivity contribution in [1.29, 1.82) is 0 Å². The summed E-state index contributed by atoms with van der Waals surface area (Å²) in [5.41, 5.74) is 22.4. The zero-order valence-electron chi connectivity index (χ0n) is 44.9. The Balaban J connectivity index is 1.13. The maximum atomic E-state index is 7.32. The molecule has 9 aromatic carbocycles. The van der Waals surface area contributed by atoms with Gasteiger partial charge in [0.1, 0.15) is 11.2 Å². The van der Waals surface area contributed by atoms with E-state index in [0.717, 1.165) is 90.8 Å². The Morgan fingerprint density at radius 1 is 0.461 bits per heavy atom. The second-order valence-corrected chi connectivity index (χ2v) is 24.8. The first-order valence-electron chi connectivity index (χ1n) is 27.6. The summed E-state index contributed by atoms with van der Waals surface area (Å²) in [6, 6.07) is 68.5. The molecule has 11 aromatic rings. The van der Waals surface area contributed by atoms with E-state index in [9.17, 15) is 0 Å². The molecule has 76 heavy (non-hydrogen) atoms. The van der Waals surface area contributed by atoms with Crippen molar-refractivity contribution in [2.75, 3.05) is 14.7 Å². The number of furan rings is 2. The lowest BCUT2D eigenvalue weighted by molar-refractivity contribution is 0.195. The van der Waals surface area contributed by atoms with Crippen molar-refractivity contribution in [3.8, 4) is 11.1 Å². The van der Waals surface area contributed by atoms with E-state index >= 15 is 0 Å². The Bertz CT molecular complexity index is 4230. The van der Waals surface area contributed by atoms with Gasteiger partial charge in [0.2, 0.25) is 0 Å².